The number of thiophene rings is 1. The molecule has 2 rings (SSSR count). The van der Waals surface area contributed by atoms with Gasteiger partial charge in [-0.05, 0) is 11.4 Å². The molecule has 0 atom stereocenters. The standard InChI is InChI=1S/C10H6F3NO4S/c1-17-4-2-3-19-6(4)8-14-7(10(11,12)13)5(18-8)9(15)16/h2-3H,1H3,(H,15,16). The predicted molar refractivity (Wildman–Crippen MR) is 58.3 cm³/mol. The van der Waals surface area contributed by atoms with Crippen LogP contribution in [0.2, 0.25) is 0 Å². The van der Waals surface area contributed by atoms with E-state index in [4.69, 9.17) is 9.84 Å². The molecule has 0 aliphatic carbocycles. The van der Waals surface area contributed by atoms with Crippen molar-refractivity contribution >= 4 is 17.3 Å². The molecule has 0 saturated carbocycles. The molecule has 0 bridgehead atoms. The lowest BCUT2D eigenvalue weighted by Gasteiger charge is -2.00. The third kappa shape index (κ3) is 2.41. The number of carboxylic acids is 1. The van der Waals surface area contributed by atoms with Gasteiger partial charge in [-0.3, -0.25) is 0 Å². The average molecular weight is 293 g/mol. The second kappa shape index (κ2) is 4.57. The molecule has 0 amide bonds. The Bertz CT molecular complexity index is 617. The van der Waals surface area contributed by atoms with Gasteiger partial charge in [-0.25, -0.2) is 9.78 Å². The molecule has 2 aromatic rings. The first kappa shape index (κ1) is 13.4. The van der Waals surface area contributed by atoms with Gasteiger partial charge in [0.2, 0.25) is 11.7 Å². The first-order valence-electron chi connectivity index (χ1n) is 4.77. The van der Waals surface area contributed by atoms with Gasteiger partial charge in [-0.15, -0.1) is 11.3 Å². The van der Waals surface area contributed by atoms with Gasteiger partial charge in [-0.1, -0.05) is 0 Å². The van der Waals surface area contributed by atoms with E-state index in [0.29, 0.717) is 0 Å². The van der Waals surface area contributed by atoms with Crippen molar-refractivity contribution in [2.24, 2.45) is 0 Å². The van der Waals surface area contributed by atoms with Crippen molar-refractivity contribution in [2.75, 3.05) is 7.11 Å². The van der Waals surface area contributed by atoms with Crippen molar-refractivity contribution in [1.29, 1.82) is 0 Å². The maximum Gasteiger partial charge on any atom is 0.437 e. The Labute approximate surface area is 108 Å². The van der Waals surface area contributed by atoms with Crippen LogP contribution in [0.3, 0.4) is 0 Å². The number of hydrogen-bond acceptors (Lipinski definition) is 5. The summed E-state index contributed by atoms with van der Waals surface area (Å²) in [5, 5.41) is 10.3. The van der Waals surface area contributed by atoms with E-state index in [1.165, 1.54) is 13.2 Å². The monoisotopic (exact) mass is 293 g/mol. The van der Waals surface area contributed by atoms with Crippen LogP contribution in [0.25, 0.3) is 10.8 Å². The molecule has 0 aromatic carbocycles. The Balaban J connectivity index is 2.59. The zero-order valence-electron chi connectivity index (χ0n) is 9.32. The summed E-state index contributed by atoms with van der Waals surface area (Å²) in [7, 11) is 1.33. The minimum Gasteiger partial charge on any atom is -0.495 e. The Morgan fingerprint density at radius 2 is 2.21 bits per heavy atom. The van der Waals surface area contributed by atoms with Gasteiger partial charge >= 0.3 is 12.1 Å². The second-order valence-corrected chi connectivity index (χ2v) is 4.23. The average Bonchev–Trinajstić information content (AvgIpc) is 2.93. The highest BCUT2D eigenvalue weighted by Gasteiger charge is 2.41. The first-order valence-corrected chi connectivity index (χ1v) is 5.65. The fourth-order valence-corrected chi connectivity index (χ4v) is 2.15. The number of nitrogens with zero attached hydrogens (tertiary/aromatic N) is 1. The van der Waals surface area contributed by atoms with E-state index in [-0.39, 0.29) is 10.6 Å². The zero-order valence-corrected chi connectivity index (χ0v) is 10.1. The van der Waals surface area contributed by atoms with E-state index in [1.807, 2.05) is 0 Å². The summed E-state index contributed by atoms with van der Waals surface area (Å²) in [5.74, 6) is -3.24. The Morgan fingerprint density at radius 3 is 2.68 bits per heavy atom. The highest BCUT2D eigenvalue weighted by molar-refractivity contribution is 7.13. The number of aromatic carboxylic acids is 1. The number of halogens is 3. The maximum absolute atomic E-state index is 12.6. The first-order chi connectivity index (χ1) is 8.84. The number of aromatic nitrogens is 1. The van der Waals surface area contributed by atoms with Gasteiger partial charge in [0.05, 0.1) is 7.11 Å². The summed E-state index contributed by atoms with van der Waals surface area (Å²) < 4.78 is 47.5. The number of carboxylic acid groups (broad SMARTS) is 1. The van der Waals surface area contributed by atoms with Crippen LogP contribution in [-0.4, -0.2) is 23.2 Å². The lowest BCUT2D eigenvalue weighted by Crippen LogP contribution is -2.11. The quantitative estimate of drug-likeness (QED) is 0.941. The highest BCUT2D eigenvalue weighted by atomic mass is 32.1. The van der Waals surface area contributed by atoms with Crippen molar-refractivity contribution in [3.63, 3.8) is 0 Å². The number of hydrogen-bond donors (Lipinski definition) is 1. The van der Waals surface area contributed by atoms with Gasteiger partial charge in [0, 0.05) is 0 Å². The van der Waals surface area contributed by atoms with Crippen LogP contribution in [0, 0.1) is 0 Å². The topological polar surface area (TPSA) is 72.6 Å². The molecule has 0 fully saturated rings. The number of ether oxygens (including phenoxy) is 1. The third-order valence-corrected chi connectivity index (χ3v) is 3.02. The van der Waals surface area contributed by atoms with Crippen molar-refractivity contribution in [1.82, 2.24) is 4.98 Å². The lowest BCUT2D eigenvalue weighted by molar-refractivity contribution is -0.141. The van der Waals surface area contributed by atoms with Gasteiger partial charge in [-0.2, -0.15) is 13.2 Å². The van der Waals surface area contributed by atoms with E-state index < -0.39 is 29.5 Å². The molecule has 1 N–H and O–H groups in total. The van der Waals surface area contributed by atoms with Crippen LogP contribution in [-0.2, 0) is 6.18 Å². The fraction of sp³-hybridized carbons (Fsp3) is 0.200. The minimum absolute atomic E-state index is 0.195. The van der Waals surface area contributed by atoms with Crippen molar-refractivity contribution in [3.05, 3.63) is 22.9 Å². The summed E-state index contributed by atoms with van der Waals surface area (Å²) in [5.41, 5.74) is -1.56. The molecule has 2 heterocycles. The van der Waals surface area contributed by atoms with Crippen LogP contribution in [0.5, 0.6) is 5.75 Å². The zero-order chi connectivity index (χ0) is 14.2. The molecule has 102 valence electrons. The molecule has 0 saturated heterocycles. The lowest BCUT2D eigenvalue weighted by atomic mass is 10.3. The van der Waals surface area contributed by atoms with E-state index >= 15 is 0 Å². The summed E-state index contributed by atoms with van der Waals surface area (Å²) in [6, 6.07) is 1.51. The summed E-state index contributed by atoms with van der Waals surface area (Å²) in [4.78, 5) is 14.2. The Morgan fingerprint density at radius 1 is 1.53 bits per heavy atom. The molecular weight excluding hydrogens is 287 g/mol. The van der Waals surface area contributed by atoms with Crippen LogP contribution in [0.1, 0.15) is 16.2 Å². The van der Waals surface area contributed by atoms with Crippen LogP contribution in [0.15, 0.2) is 15.9 Å². The minimum atomic E-state index is -4.90. The number of alkyl halides is 3. The van der Waals surface area contributed by atoms with E-state index in [1.54, 1.807) is 5.38 Å². The van der Waals surface area contributed by atoms with Crippen LogP contribution < -0.4 is 4.74 Å². The highest BCUT2D eigenvalue weighted by Crippen LogP contribution is 2.39. The summed E-state index contributed by atoms with van der Waals surface area (Å²) in [6.07, 6.45) is -4.90. The summed E-state index contributed by atoms with van der Waals surface area (Å²) in [6.45, 7) is 0. The van der Waals surface area contributed by atoms with Gasteiger partial charge in [0.1, 0.15) is 10.6 Å². The molecular formula is C10H6F3NO4S. The molecule has 9 heteroatoms. The molecule has 5 nitrogen and oxygen atoms in total. The molecule has 0 unspecified atom stereocenters. The van der Waals surface area contributed by atoms with E-state index in [9.17, 15) is 18.0 Å². The molecule has 0 spiro atoms. The van der Waals surface area contributed by atoms with Crippen LogP contribution in [0.4, 0.5) is 13.2 Å². The number of carbonyl (C=O) groups is 1. The number of oxazole rings is 1. The third-order valence-electron chi connectivity index (χ3n) is 2.13. The Kier molecular flexibility index (Phi) is 3.23. The molecule has 0 aliphatic heterocycles. The van der Waals surface area contributed by atoms with Crippen molar-refractivity contribution in [3.8, 4) is 16.5 Å². The normalized spacial score (nSPS) is 11.6. The molecule has 2 aromatic heterocycles. The van der Waals surface area contributed by atoms with Crippen molar-refractivity contribution < 1.29 is 32.2 Å². The number of methoxy groups -OCH3 is 1. The predicted octanol–water partition coefficient (Wildman–Crippen LogP) is 3.13. The van der Waals surface area contributed by atoms with Gasteiger partial charge < -0.3 is 14.3 Å². The van der Waals surface area contributed by atoms with Gasteiger partial charge in [0.25, 0.3) is 0 Å². The fourth-order valence-electron chi connectivity index (χ4n) is 1.37. The Hall–Kier alpha value is -2.03. The maximum atomic E-state index is 12.6. The number of rotatable bonds is 3. The largest absolute Gasteiger partial charge is 0.495 e. The second-order valence-electron chi connectivity index (χ2n) is 3.32. The van der Waals surface area contributed by atoms with E-state index in [0.717, 1.165) is 11.3 Å². The van der Waals surface area contributed by atoms with Crippen LogP contribution >= 0.6 is 11.3 Å². The smallest absolute Gasteiger partial charge is 0.437 e. The molecule has 0 radical (unpaired) electrons. The van der Waals surface area contributed by atoms with Crippen molar-refractivity contribution in [2.45, 2.75) is 6.18 Å². The summed E-state index contributed by atoms with van der Waals surface area (Å²) >= 11 is 1.03. The molecule has 0 aliphatic rings. The van der Waals surface area contributed by atoms with E-state index in [2.05, 4.69) is 9.40 Å². The van der Waals surface area contributed by atoms with Gasteiger partial charge in [0.15, 0.2) is 5.69 Å². The SMILES string of the molecule is COc1ccsc1-c1nc(C(F)(F)F)c(C(=O)O)o1. The molecule has 19 heavy (non-hydrogen) atoms.